The summed E-state index contributed by atoms with van der Waals surface area (Å²) in [5, 5.41) is 4.05. The number of piperazine rings is 1. The summed E-state index contributed by atoms with van der Waals surface area (Å²) in [6.45, 7) is 10.3. The Kier molecular flexibility index (Phi) is 6.22. The number of likely N-dealkylation sites (tertiary alicyclic amines) is 1. The Balaban J connectivity index is 1.63. The molecule has 0 spiro atoms. The van der Waals surface area contributed by atoms with Gasteiger partial charge in [-0.3, -0.25) is 9.80 Å². The van der Waals surface area contributed by atoms with Crippen molar-refractivity contribution in [2.75, 3.05) is 53.0 Å². The second-order valence-electron chi connectivity index (χ2n) is 6.51. The van der Waals surface area contributed by atoms with Gasteiger partial charge in [0.15, 0.2) is 11.5 Å². The molecule has 1 aromatic rings. The maximum Gasteiger partial charge on any atom is 0.179 e. The van der Waals surface area contributed by atoms with Crippen LogP contribution in [0.1, 0.15) is 18.9 Å². The Bertz CT molecular complexity index is 549. The number of methoxy groups -OCH3 is 1. The Labute approximate surface area is 149 Å². The molecular weight excluding hydrogens is 326 g/mol. The SMILES string of the molecule is CCOc1cc(CN2CCC(N3CCNCC3)C2)cc(Cl)c1OC. The first kappa shape index (κ1) is 17.8. The monoisotopic (exact) mass is 353 g/mol. The van der Waals surface area contributed by atoms with Crippen LogP contribution in [0.25, 0.3) is 0 Å². The molecule has 0 aromatic heterocycles. The van der Waals surface area contributed by atoms with Crippen molar-refractivity contribution in [1.82, 2.24) is 15.1 Å². The quantitative estimate of drug-likeness (QED) is 0.848. The number of halogens is 1. The lowest BCUT2D eigenvalue weighted by atomic mass is 10.2. The highest BCUT2D eigenvalue weighted by molar-refractivity contribution is 6.32. The number of nitrogens with zero attached hydrogens (tertiary/aromatic N) is 2. The van der Waals surface area contributed by atoms with E-state index >= 15 is 0 Å². The third-order valence-electron chi connectivity index (χ3n) is 4.89. The molecule has 3 rings (SSSR count). The number of rotatable bonds is 6. The minimum atomic E-state index is 0.602. The van der Waals surface area contributed by atoms with Gasteiger partial charge in [0.2, 0.25) is 0 Å². The van der Waals surface area contributed by atoms with Gasteiger partial charge in [-0.25, -0.2) is 0 Å². The van der Waals surface area contributed by atoms with Gasteiger partial charge in [-0.15, -0.1) is 0 Å². The molecule has 0 aliphatic carbocycles. The summed E-state index contributed by atoms with van der Waals surface area (Å²) < 4.78 is 11.1. The molecule has 0 amide bonds. The highest BCUT2D eigenvalue weighted by Gasteiger charge is 2.28. The van der Waals surface area contributed by atoms with Gasteiger partial charge in [-0.05, 0) is 31.0 Å². The highest BCUT2D eigenvalue weighted by Crippen LogP contribution is 2.36. The second-order valence-corrected chi connectivity index (χ2v) is 6.91. The van der Waals surface area contributed by atoms with Gasteiger partial charge in [0, 0.05) is 51.9 Å². The summed E-state index contributed by atoms with van der Waals surface area (Å²) in [5.41, 5.74) is 1.19. The van der Waals surface area contributed by atoms with Gasteiger partial charge in [0.05, 0.1) is 18.7 Å². The molecule has 0 bridgehead atoms. The van der Waals surface area contributed by atoms with Crippen molar-refractivity contribution in [3.05, 3.63) is 22.7 Å². The number of hydrogen-bond acceptors (Lipinski definition) is 5. The van der Waals surface area contributed by atoms with Gasteiger partial charge >= 0.3 is 0 Å². The minimum absolute atomic E-state index is 0.602. The molecule has 0 saturated carbocycles. The van der Waals surface area contributed by atoms with Gasteiger partial charge in [-0.1, -0.05) is 11.6 Å². The zero-order valence-corrected chi connectivity index (χ0v) is 15.4. The summed E-state index contributed by atoms with van der Waals surface area (Å²) >= 11 is 6.37. The summed E-state index contributed by atoms with van der Waals surface area (Å²) in [5.74, 6) is 1.36. The second kappa shape index (κ2) is 8.39. The standard InChI is InChI=1S/C18H28ClN3O2/c1-3-24-17-11-14(10-16(19)18(17)23-2)12-21-7-4-15(13-21)22-8-5-20-6-9-22/h10-11,15,20H,3-9,12-13H2,1-2H3. The van der Waals surface area contributed by atoms with Gasteiger partial charge in [-0.2, -0.15) is 0 Å². The van der Waals surface area contributed by atoms with E-state index in [1.54, 1.807) is 7.11 Å². The van der Waals surface area contributed by atoms with E-state index in [2.05, 4.69) is 21.2 Å². The van der Waals surface area contributed by atoms with E-state index < -0.39 is 0 Å². The minimum Gasteiger partial charge on any atom is -0.491 e. The fraction of sp³-hybridized carbons (Fsp3) is 0.667. The van der Waals surface area contributed by atoms with E-state index in [0.29, 0.717) is 23.4 Å². The van der Waals surface area contributed by atoms with Crippen LogP contribution in [0.3, 0.4) is 0 Å². The smallest absolute Gasteiger partial charge is 0.179 e. The predicted molar refractivity (Wildman–Crippen MR) is 97.3 cm³/mol. The molecule has 24 heavy (non-hydrogen) atoms. The van der Waals surface area contributed by atoms with Crippen molar-refractivity contribution in [2.45, 2.75) is 25.9 Å². The summed E-state index contributed by atoms with van der Waals surface area (Å²) in [4.78, 5) is 5.14. The Hall–Kier alpha value is -1.01. The molecule has 6 heteroatoms. The third-order valence-corrected chi connectivity index (χ3v) is 5.18. The van der Waals surface area contributed by atoms with E-state index in [4.69, 9.17) is 21.1 Å². The topological polar surface area (TPSA) is 37.0 Å². The normalized spacial score (nSPS) is 22.7. The fourth-order valence-electron chi connectivity index (χ4n) is 3.73. The first-order valence-electron chi connectivity index (χ1n) is 8.87. The van der Waals surface area contributed by atoms with Crippen LogP contribution in [0.2, 0.25) is 5.02 Å². The summed E-state index contributed by atoms with van der Waals surface area (Å²) in [6, 6.07) is 4.75. The van der Waals surface area contributed by atoms with Crippen LogP contribution in [0.4, 0.5) is 0 Å². The van der Waals surface area contributed by atoms with Crippen molar-refractivity contribution in [2.24, 2.45) is 0 Å². The molecule has 2 aliphatic rings. The van der Waals surface area contributed by atoms with Crippen LogP contribution in [-0.4, -0.2) is 68.8 Å². The van der Waals surface area contributed by atoms with Gasteiger partial charge in [0.25, 0.3) is 0 Å². The molecule has 0 radical (unpaired) electrons. The van der Waals surface area contributed by atoms with Crippen LogP contribution in [0, 0.1) is 0 Å². The van der Waals surface area contributed by atoms with Crippen LogP contribution in [0.5, 0.6) is 11.5 Å². The van der Waals surface area contributed by atoms with Gasteiger partial charge in [0.1, 0.15) is 0 Å². The van der Waals surface area contributed by atoms with E-state index in [9.17, 15) is 0 Å². The van der Waals surface area contributed by atoms with E-state index in [-0.39, 0.29) is 0 Å². The van der Waals surface area contributed by atoms with Crippen LogP contribution >= 0.6 is 11.6 Å². The largest absolute Gasteiger partial charge is 0.491 e. The van der Waals surface area contributed by atoms with Crippen molar-refractivity contribution in [3.8, 4) is 11.5 Å². The van der Waals surface area contributed by atoms with Crippen LogP contribution in [0.15, 0.2) is 12.1 Å². The number of nitrogens with one attached hydrogen (secondary N) is 1. The molecular formula is C18H28ClN3O2. The number of benzene rings is 1. The Morgan fingerprint density at radius 2 is 2.04 bits per heavy atom. The van der Waals surface area contributed by atoms with Crippen LogP contribution < -0.4 is 14.8 Å². The zero-order chi connectivity index (χ0) is 16.9. The summed E-state index contributed by atoms with van der Waals surface area (Å²) in [6.07, 6.45) is 1.25. The third kappa shape index (κ3) is 4.14. The summed E-state index contributed by atoms with van der Waals surface area (Å²) in [7, 11) is 1.63. The molecule has 2 aliphatic heterocycles. The molecule has 1 atom stereocenters. The van der Waals surface area contributed by atoms with Gasteiger partial charge < -0.3 is 14.8 Å². The lowest BCUT2D eigenvalue weighted by Gasteiger charge is -2.32. The van der Waals surface area contributed by atoms with E-state index in [1.807, 2.05) is 13.0 Å². The average Bonchev–Trinajstić information content (AvgIpc) is 3.04. The zero-order valence-electron chi connectivity index (χ0n) is 14.7. The Morgan fingerprint density at radius 3 is 2.75 bits per heavy atom. The molecule has 5 nitrogen and oxygen atoms in total. The van der Waals surface area contributed by atoms with Crippen molar-refractivity contribution >= 4 is 11.6 Å². The van der Waals surface area contributed by atoms with E-state index in [1.165, 1.54) is 25.1 Å². The molecule has 1 N–H and O–H groups in total. The number of ether oxygens (including phenoxy) is 2. The van der Waals surface area contributed by atoms with E-state index in [0.717, 1.165) is 38.5 Å². The maximum absolute atomic E-state index is 6.37. The van der Waals surface area contributed by atoms with Crippen molar-refractivity contribution < 1.29 is 9.47 Å². The first-order valence-corrected chi connectivity index (χ1v) is 9.25. The average molecular weight is 354 g/mol. The molecule has 1 aromatic carbocycles. The Morgan fingerprint density at radius 1 is 1.25 bits per heavy atom. The lowest BCUT2D eigenvalue weighted by Crippen LogP contribution is -2.49. The predicted octanol–water partition coefficient (Wildman–Crippen LogP) is 2.23. The lowest BCUT2D eigenvalue weighted by molar-refractivity contribution is 0.170. The molecule has 134 valence electrons. The van der Waals surface area contributed by atoms with Crippen molar-refractivity contribution in [1.29, 1.82) is 0 Å². The van der Waals surface area contributed by atoms with Crippen LogP contribution in [-0.2, 0) is 6.54 Å². The molecule has 2 heterocycles. The van der Waals surface area contributed by atoms with Crippen molar-refractivity contribution in [3.63, 3.8) is 0 Å². The maximum atomic E-state index is 6.37. The highest BCUT2D eigenvalue weighted by atomic mass is 35.5. The first-order chi connectivity index (χ1) is 11.7. The molecule has 1 unspecified atom stereocenters. The molecule has 2 saturated heterocycles. The number of hydrogen-bond donors (Lipinski definition) is 1. The fourth-order valence-corrected chi connectivity index (χ4v) is 4.04. The molecule has 2 fully saturated rings.